The van der Waals surface area contributed by atoms with Crippen LogP contribution in [-0.2, 0) is 14.3 Å². The number of ether oxygens (including phenoxy) is 2. The molecule has 19 heavy (non-hydrogen) atoms. The number of methoxy groups -OCH3 is 1. The Morgan fingerprint density at radius 1 is 1.32 bits per heavy atom. The van der Waals surface area contributed by atoms with Crippen LogP contribution in [0.3, 0.4) is 0 Å². The number of carbonyl (C=O) groups is 1. The van der Waals surface area contributed by atoms with E-state index in [-0.39, 0.29) is 17.9 Å². The molecule has 0 aromatic carbocycles. The molecular formula is C13H25N3O3. The Labute approximate surface area is 114 Å². The van der Waals surface area contributed by atoms with Gasteiger partial charge in [0.15, 0.2) is 0 Å². The molecule has 6 nitrogen and oxygen atoms in total. The van der Waals surface area contributed by atoms with Gasteiger partial charge in [-0.3, -0.25) is 9.69 Å². The Morgan fingerprint density at radius 3 is 2.84 bits per heavy atom. The van der Waals surface area contributed by atoms with Crippen molar-refractivity contribution in [1.29, 1.82) is 0 Å². The van der Waals surface area contributed by atoms with Gasteiger partial charge in [-0.05, 0) is 13.0 Å². The maximum absolute atomic E-state index is 12.4. The van der Waals surface area contributed by atoms with E-state index >= 15 is 0 Å². The van der Waals surface area contributed by atoms with E-state index in [9.17, 15) is 4.79 Å². The number of nitrogens with two attached hydrogens (primary N) is 1. The molecule has 1 amide bonds. The Hall–Kier alpha value is -0.690. The van der Waals surface area contributed by atoms with Crippen LogP contribution in [0, 0.1) is 5.92 Å². The van der Waals surface area contributed by atoms with Crippen molar-refractivity contribution in [2.75, 3.05) is 59.7 Å². The predicted molar refractivity (Wildman–Crippen MR) is 71.8 cm³/mol. The molecule has 2 aliphatic heterocycles. The average Bonchev–Trinajstić information content (AvgIpc) is 2.71. The van der Waals surface area contributed by atoms with Gasteiger partial charge in [0.05, 0.1) is 25.7 Å². The van der Waals surface area contributed by atoms with Gasteiger partial charge in [-0.15, -0.1) is 0 Å². The van der Waals surface area contributed by atoms with Crippen LogP contribution in [0.1, 0.15) is 6.42 Å². The second kappa shape index (κ2) is 7.19. The molecule has 2 rings (SSSR count). The lowest BCUT2D eigenvalue weighted by Gasteiger charge is -2.25. The first-order valence-corrected chi connectivity index (χ1v) is 7.05. The van der Waals surface area contributed by atoms with Crippen molar-refractivity contribution in [2.24, 2.45) is 11.7 Å². The Balaban J connectivity index is 1.83. The molecule has 0 bridgehead atoms. The van der Waals surface area contributed by atoms with Crippen molar-refractivity contribution >= 4 is 5.91 Å². The topological polar surface area (TPSA) is 68.0 Å². The first kappa shape index (κ1) is 14.7. The lowest BCUT2D eigenvalue weighted by Crippen LogP contribution is -2.45. The molecule has 2 heterocycles. The maximum atomic E-state index is 12.4. The van der Waals surface area contributed by atoms with E-state index in [0.717, 1.165) is 45.8 Å². The van der Waals surface area contributed by atoms with Gasteiger partial charge in [-0.25, -0.2) is 0 Å². The predicted octanol–water partition coefficient (Wildman–Crippen LogP) is -0.859. The average molecular weight is 271 g/mol. The number of rotatable bonds is 4. The van der Waals surface area contributed by atoms with Crippen LogP contribution in [0.25, 0.3) is 0 Å². The standard InChI is InChI=1S/C13H25N3O3/c1-18-8-7-15-3-2-4-16(6-5-15)13(17)11-9-19-10-12(11)14/h11-12H,2-10,14H2,1H3. The van der Waals surface area contributed by atoms with Crippen molar-refractivity contribution in [3.05, 3.63) is 0 Å². The summed E-state index contributed by atoms with van der Waals surface area (Å²) in [4.78, 5) is 16.7. The fraction of sp³-hybridized carbons (Fsp3) is 0.923. The van der Waals surface area contributed by atoms with Crippen molar-refractivity contribution in [2.45, 2.75) is 12.5 Å². The summed E-state index contributed by atoms with van der Waals surface area (Å²) in [6, 6.07) is -0.139. The summed E-state index contributed by atoms with van der Waals surface area (Å²) >= 11 is 0. The lowest BCUT2D eigenvalue weighted by atomic mass is 10.0. The molecule has 2 N–H and O–H groups in total. The van der Waals surface area contributed by atoms with E-state index in [1.54, 1.807) is 7.11 Å². The van der Waals surface area contributed by atoms with Crippen LogP contribution < -0.4 is 5.73 Å². The zero-order valence-corrected chi connectivity index (χ0v) is 11.7. The van der Waals surface area contributed by atoms with Gasteiger partial charge >= 0.3 is 0 Å². The number of nitrogens with zero attached hydrogens (tertiary/aromatic N) is 2. The molecule has 2 unspecified atom stereocenters. The number of hydrogen-bond acceptors (Lipinski definition) is 5. The Morgan fingerprint density at radius 2 is 2.16 bits per heavy atom. The second-order valence-corrected chi connectivity index (χ2v) is 5.32. The fourth-order valence-electron chi connectivity index (χ4n) is 2.70. The smallest absolute Gasteiger partial charge is 0.229 e. The molecule has 0 saturated carbocycles. The van der Waals surface area contributed by atoms with Gasteiger partial charge in [0.2, 0.25) is 5.91 Å². The summed E-state index contributed by atoms with van der Waals surface area (Å²) in [6.45, 7) is 6.21. The number of carbonyl (C=O) groups excluding carboxylic acids is 1. The molecule has 0 aromatic rings. The van der Waals surface area contributed by atoms with Crippen LogP contribution in [0.15, 0.2) is 0 Å². The summed E-state index contributed by atoms with van der Waals surface area (Å²) in [6.07, 6.45) is 1.01. The van der Waals surface area contributed by atoms with Crippen molar-refractivity contribution < 1.29 is 14.3 Å². The molecule has 2 saturated heterocycles. The molecule has 110 valence electrons. The van der Waals surface area contributed by atoms with Crippen molar-refractivity contribution in [1.82, 2.24) is 9.80 Å². The van der Waals surface area contributed by atoms with E-state index in [1.807, 2.05) is 4.90 Å². The largest absolute Gasteiger partial charge is 0.383 e. The van der Waals surface area contributed by atoms with Crippen LogP contribution in [0.2, 0.25) is 0 Å². The van der Waals surface area contributed by atoms with Crippen LogP contribution in [0.5, 0.6) is 0 Å². The van der Waals surface area contributed by atoms with Gasteiger partial charge < -0.3 is 20.1 Å². The number of amides is 1. The normalized spacial score (nSPS) is 29.5. The van der Waals surface area contributed by atoms with E-state index in [4.69, 9.17) is 15.2 Å². The van der Waals surface area contributed by atoms with E-state index in [1.165, 1.54) is 0 Å². The maximum Gasteiger partial charge on any atom is 0.229 e. The minimum atomic E-state index is -0.148. The summed E-state index contributed by atoms with van der Waals surface area (Å²) in [7, 11) is 1.72. The van der Waals surface area contributed by atoms with Gasteiger partial charge in [-0.2, -0.15) is 0 Å². The highest BCUT2D eigenvalue weighted by molar-refractivity contribution is 5.80. The first-order valence-electron chi connectivity index (χ1n) is 7.05. The van der Waals surface area contributed by atoms with Gasteiger partial charge in [0.1, 0.15) is 0 Å². The van der Waals surface area contributed by atoms with Gasteiger partial charge in [0, 0.05) is 39.3 Å². The third-order valence-electron chi connectivity index (χ3n) is 3.95. The molecule has 2 fully saturated rings. The molecule has 2 atom stereocenters. The molecule has 0 spiro atoms. The Bertz CT molecular complexity index is 301. The van der Waals surface area contributed by atoms with E-state index in [0.29, 0.717) is 13.2 Å². The SMILES string of the molecule is COCCN1CCCN(C(=O)C2COCC2N)CC1. The van der Waals surface area contributed by atoms with Crippen LogP contribution >= 0.6 is 0 Å². The fourth-order valence-corrected chi connectivity index (χ4v) is 2.70. The molecule has 6 heteroatoms. The van der Waals surface area contributed by atoms with Crippen molar-refractivity contribution in [3.63, 3.8) is 0 Å². The number of hydrogen-bond donors (Lipinski definition) is 1. The van der Waals surface area contributed by atoms with Crippen LogP contribution in [-0.4, -0.2) is 81.4 Å². The molecule has 2 aliphatic rings. The molecule has 0 aromatic heterocycles. The monoisotopic (exact) mass is 271 g/mol. The van der Waals surface area contributed by atoms with Gasteiger partial charge in [0.25, 0.3) is 0 Å². The zero-order chi connectivity index (χ0) is 13.7. The minimum Gasteiger partial charge on any atom is -0.383 e. The molecule has 0 radical (unpaired) electrons. The first-order chi connectivity index (χ1) is 9.22. The van der Waals surface area contributed by atoms with E-state index < -0.39 is 0 Å². The van der Waals surface area contributed by atoms with E-state index in [2.05, 4.69) is 4.90 Å². The van der Waals surface area contributed by atoms with Gasteiger partial charge in [-0.1, -0.05) is 0 Å². The third-order valence-corrected chi connectivity index (χ3v) is 3.95. The lowest BCUT2D eigenvalue weighted by molar-refractivity contribution is -0.135. The molecular weight excluding hydrogens is 246 g/mol. The summed E-state index contributed by atoms with van der Waals surface area (Å²) in [5.74, 6) is 0.0177. The van der Waals surface area contributed by atoms with Crippen LogP contribution in [0.4, 0.5) is 0 Å². The third kappa shape index (κ3) is 3.89. The Kier molecular flexibility index (Phi) is 5.57. The summed E-state index contributed by atoms with van der Waals surface area (Å²) < 4.78 is 10.4. The summed E-state index contributed by atoms with van der Waals surface area (Å²) in [5, 5.41) is 0. The highest BCUT2D eigenvalue weighted by Crippen LogP contribution is 2.16. The minimum absolute atomic E-state index is 0.139. The summed E-state index contributed by atoms with van der Waals surface area (Å²) in [5.41, 5.74) is 5.92. The van der Waals surface area contributed by atoms with Crippen molar-refractivity contribution in [3.8, 4) is 0 Å². The quantitative estimate of drug-likeness (QED) is 0.721. The highest BCUT2D eigenvalue weighted by atomic mass is 16.5. The second-order valence-electron chi connectivity index (χ2n) is 5.32. The highest BCUT2D eigenvalue weighted by Gasteiger charge is 2.34. The zero-order valence-electron chi connectivity index (χ0n) is 11.7. The molecule has 0 aliphatic carbocycles.